The van der Waals surface area contributed by atoms with Gasteiger partial charge < -0.3 is 16.8 Å². The second kappa shape index (κ2) is 3.41. The highest BCUT2D eigenvalue weighted by atomic mass is 15.0. The summed E-state index contributed by atoms with van der Waals surface area (Å²) in [5.41, 5.74) is 13.7. The van der Waals surface area contributed by atoms with Crippen molar-refractivity contribution in [2.45, 2.75) is 0 Å². The van der Waals surface area contributed by atoms with Gasteiger partial charge in [-0.1, -0.05) is 18.2 Å². The van der Waals surface area contributed by atoms with Crippen LogP contribution in [0.2, 0.25) is 0 Å². The molecule has 0 fully saturated rings. The number of benzene rings is 1. The first-order chi connectivity index (χ1) is 6.75. The lowest BCUT2D eigenvalue weighted by molar-refractivity contribution is 1.15. The third kappa shape index (κ3) is 1.69. The molecule has 0 saturated heterocycles. The Morgan fingerprint density at radius 3 is 2.86 bits per heavy atom. The van der Waals surface area contributed by atoms with Gasteiger partial charge in [0.05, 0.1) is 12.2 Å². The molecule has 1 aliphatic rings. The molecule has 0 amide bonds. The molecule has 4 heteroatoms. The van der Waals surface area contributed by atoms with Gasteiger partial charge in [-0.05, 0) is 17.7 Å². The average Bonchev–Trinajstić information content (AvgIpc) is 2.17. The summed E-state index contributed by atoms with van der Waals surface area (Å²) in [7, 11) is 0. The average molecular weight is 188 g/mol. The summed E-state index contributed by atoms with van der Waals surface area (Å²) in [6.07, 6.45) is 1.98. The molecular formula is C10H12N4. The van der Waals surface area contributed by atoms with Crippen molar-refractivity contribution >= 4 is 17.7 Å². The molecule has 1 aromatic rings. The van der Waals surface area contributed by atoms with Crippen molar-refractivity contribution in [1.29, 1.82) is 0 Å². The van der Waals surface area contributed by atoms with Crippen molar-refractivity contribution < 1.29 is 0 Å². The molecular weight excluding hydrogens is 176 g/mol. The summed E-state index contributed by atoms with van der Waals surface area (Å²) in [5, 5.41) is 3.23. The van der Waals surface area contributed by atoms with Gasteiger partial charge in [0.15, 0.2) is 5.96 Å². The third-order valence-corrected chi connectivity index (χ3v) is 2.02. The van der Waals surface area contributed by atoms with Gasteiger partial charge in [0.25, 0.3) is 0 Å². The van der Waals surface area contributed by atoms with Gasteiger partial charge >= 0.3 is 0 Å². The molecule has 1 aromatic carbocycles. The van der Waals surface area contributed by atoms with E-state index >= 15 is 0 Å². The Morgan fingerprint density at radius 1 is 1.29 bits per heavy atom. The molecule has 72 valence electrons. The number of nitrogens with zero attached hydrogens (tertiary/aromatic N) is 1. The van der Waals surface area contributed by atoms with Gasteiger partial charge in [0.1, 0.15) is 0 Å². The van der Waals surface area contributed by atoms with Gasteiger partial charge in [0.2, 0.25) is 0 Å². The van der Waals surface area contributed by atoms with E-state index in [9.17, 15) is 0 Å². The van der Waals surface area contributed by atoms with Crippen LogP contribution in [0, 0.1) is 0 Å². The van der Waals surface area contributed by atoms with Crippen molar-refractivity contribution in [2.75, 3.05) is 11.9 Å². The Morgan fingerprint density at radius 2 is 2.07 bits per heavy atom. The van der Waals surface area contributed by atoms with Crippen LogP contribution in [0.3, 0.4) is 0 Å². The lowest BCUT2D eigenvalue weighted by Gasteiger charge is -2.15. The monoisotopic (exact) mass is 188 g/mol. The second-order valence-electron chi connectivity index (χ2n) is 3.11. The molecule has 0 aromatic heterocycles. The largest absolute Gasteiger partial charge is 0.379 e. The minimum atomic E-state index is 0.0948. The zero-order valence-corrected chi connectivity index (χ0v) is 7.70. The normalized spacial score (nSPS) is 13.6. The number of fused-ring (bicyclic) bond motifs is 1. The number of anilines is 1. The van der Waals surface area contributed by atoms with Crippen LogP contribution in [0.25, 0.3) is 6.08 Å². The van der Waals surface area contributed by atoms with E-state index in [1.165, 1.54) is 0 Å². The van der Waals surface area contributed by atoms with Crippen molar-refractivity contribution in [2.24, 2.45) is 16.5 Å². The fourth-order valence-corrected chi connectivity index (χ4v) is 1.44. The standard InChI is InChI=1S/C10H12N4/c11-10(12)14-8-5-7-3-1-2-4-9(7)13-6-8/h1-5,13H,6H2,(H4,11,12,14). The predicted octanol–water partition coefficient (Wildman–Crippen LogP) is 0.726. The van der Waals surface area contributed by atoms with E-state index in [0.29, 0.717) is 6.54 Å². The second-order valence-corrected chi connectivity index (χ2v) is 3.11. The number of guanidine groups is 1. The van der Waals surface area contributed by atoms with Crippen LogP contribution in [0.5, 0.6) is 0 Å². The summed E-state index contributed by atoms with van der Waals surface area (Å²) in [6, 6.07) is 8.02. The molecule has 2 rings (SSSR count). The Bertz CT molecular complexity index is 402. The number of hydrogen-bond acceptors (Lipinski definition) is 2. The van der Waals surface area contributed by atoms with Crippen molar-refractivity contribution in [3.63, 3.8) is 0 Å². The molecule has 1 aliphatic heterocycles. The number of hydrogen-bond donors (Lipinski definition) is 3. The van der Waals surface area contributed by atoms with Crippen molar-refractivity contribution in [3.05, 3.63) is 35.5 Å². The van der Waals surface area contributed by atoms with Crippen LogP contribution in [0.1, 0.15) is 5.56 Å². The quantitative estimate of drug-likeness (QED) is 0.449. The number of rotatable bonds is 1. The Balaban J connectivity index is 2.36. The zero-order chi connectivity index (χ0) is 9.97. The highest BCUT2D eigenvalue weighted by molar-refractivity contribution is 5.79. The van der Waals surface area contributed by atoms with E-state index in [-0.39, 0.29) is 5.96 Å². The zero-order valence-electron chi connectivity index (χ0n) is 7.70. The van der Waals surface area contributed by atoms with E-state index < -0.39 is 0 Å². The molecule has 0 radical (unpaired) electrons. The smallest absolute Gasteiger partial charge is 0.190 e. The number of aliphatic imine (C=N–C) groups is 1. The van der Waals surface area contributed by atoms with Crippen LogP contribution in [0.4, 0.5) is 5.69 Å². The Labute approximate surface area is 82.3 Å². The fourth-order valence-electron chi connectivity index (χ4n) is 1.44. The van der Waals surface area contributed by atoms with Crippen LogP contribution < -0.4 is 16.8 Å². The first kappa shape index (κ1) is 8.62. The predicted molar refractivity (Wildman–Crippen MR) is 58.7 cm³/mol. The first-order valence-corrected chi connectivity index (χ1v) is 4.39. The van der Waals surface area contributed by atoms with Crippen LogP contribution in [-0.2, 0) is 0 Å². The van der Waals surface area contributed by atoms with E-state index in [2.05, 4.69) is 10.3 Å². The minimum absolute atomic E-state index is 0.0948. The third-order valence-electron chi connectivity index (χ3n) is 2.02. The summed E-state index contributed by atoms with van der Waals surface area (Å²) in [4.78, 5) is 4.01. The highest BCUT2D eigenvalue weighted by Crippen LogP contribution is 2.23. The van der Waals surface area contributed by atoms with Crippen molar-refractivity contribution in [1.82, 2.24) is 0 Å². The fraction of sp³-hybridized carbons (Fsp3) is 0.100. The molecule has 0 saturated carbocycles. The first-order valence-electron chi connectivity index (χ1n) is 4.39. The highest BCUT2D eigenvalue weighted by Gasteiger charge is 2.07. The molecule has 4 nitrogen and oxygen atoms in total. The molecule has 0 spiro atoms. The van der Waals surface area contributed by atoms with E-state index in [1.54, 1.807) is 0 Å². The number of para-hydroxylation sites is 1. The van der Waals surface area contributed by atoms with Gasteiger partial charge in [-0.15, -0.1) is 0 Å². The topological polar surface area (TPSA) is 76.4 Å². The van der Waals surface area contributed by atoms with Crippen LogP contribution >= 0.6 is 0 Å². The summed E-state index contributed by atoms with van der Waals surface area (Å²) in [5.74, 6) is 0.0948. The maximum Gasteiger partial charge on any atom is 0.190 e. The number of nitrogens with one attached hydrogen (secondary N) is 1. The van der Waals surface area contributed by atoms with Crippen LogP contribution in [0.15, 0.2) is 35.0 Å². The lowest BCUT2D eigenvalue weighted by Crippen LogP contribution is -2.24. The van der Waals surface area contributed by atoms with Gasteiger partial charge in [0, 0.05) is 5.69 Å². The Kier molecular flexibility index (Phi) is 2.10. The van der Waals surface area contributed by atoms with E-state index in [1.807, 2.05) is 30.3 Å². The molecule has 0 unspecified atom stereocenters. The summed E-state index contributed by atoms with van der Waals surface area (Å²) in [6.45, 7) is 0.662. The molecule has 0 atom stereocenters. The minimum Gasteiger partial charge on any atom is -0.379 e. The summed E-state index contributed by atoms with van der Waals surface area (Å²) < 4.78 is 0. The molecule has 0 aliphatic carbocycles. The van der Waals surface area contributed by atoms with Crippen molar-refractivity contribution in [3.8, 4) is 0 Å². The Hall–Kier alpha value is -1.97. The van der Waals surface area contributed by atoms with Crippen LogP contribution in [-0.4, -0.2) is 12.5 Å². The maximum absolute atomic E-state index is 5.30. The lowest BCUT2D eigenvalue weighted by atomic mass is 10.1. The molecule has 1 heterocycles. The number of nitrogens with two attached hydrogens (primary N) is 2. The molecule has 5 N–H and O–H groups in total. The maximum atomic E-state index is 5.30. The van der Waals surface area contributed by atoms with Gasteiger partial charge in [-0.2, -0.15) is 0 Å². The van der Waals surface area contributed by atoms with Gasteiger partial charge in [-0.3, -0.25) is 0 Å². The SMILES string of the molecule is NC(N)=NC1=Cc2ccccc2NC1. The van der Waals surface area contributed by atoms with E-state index in [0.717, 1.165) is 16.9 Å². The molecule has 0 bridgehead atoms. The van der Waals surface area contributed by atoms with Gasteiger partial charge in [-0.25, -0.2) is 4.99 Å². The summed E-state index contributed by atoms with van der Waals surface area (Å²) >= 11 is 0. The van der Waals surface area contributed by atoms with E-state index in [4.69, 9.17) is 11.5 Å². The molecule has 14 heavy (non-hydrogen) atoms.